The lowest BCUT2D eigenvalue weighted by atomic mass is 10.1. The van der Waals surface area contributed by atoms with Gasteiger partial charge in [-0.2, -0.15) is 0 Å². The smallest absolute Gasteiger partial charge is 0.303 e. The molecule has 0 aliphatic heterocycles. The van der Waals surface area contributed by atoms with Gasteiger partial charge in [0.1, 0.15) is 0 Å². The molecule has 33 heavy (non-hydrogen) atoms. The minimum atomic E-state index is -0.675. The number of unbranched alkanes of at least 4 members (excludes halogenated alkanes) is 5. The molecule has 0 amide bonds. The summed E-state index contributed by atoms with van der Waals surface area (Å²) in [6.45, 7) is 16.9. The predicted octanol–water partition coefficient (Wildman–Crippen LogP) is 9.10. The number of hydrogen-bond donors (Lipinski definition) is 1. The van der Waals surface area contributed by atoms with Crippen molar-refractivity contribution in [2.24, 2.45) is 0 Å². The summed E-state index contributed by atoms with van der Waals surface area (Å²) in [5.74, 6) is -0.675. The van der Waals surface area contributed by atoms with Gasteiger partial charge in [0.2, 0.25) is 0 Å². The number of hydrogen-bond acceptors (Lipinski definition) is 1. The fourth-order valence-electron chi connectivity index (χ4n) is 4.46. The minimum Gasteiger partial charge on any atom is -0.481 e. The van der Waals surface area contributed by atoms with Crippen LogP contribution in [0.25, 0.3) is 0 Å². The van der Waals surface area contributed by atoms with E-state index in [1.54, 1.807) is 0 Å². The highest BCUT2D eigenvalue weighted by Crippen LogP contribution is 2.12. The van der Waals surface area contributed by atoms with Crippen LogP contribution >= 0.6 is 0 Å². The van der Waals surface area contributed by atoms with Gasteiger partial charge in [0.25, 0.3) is 0 Å². The minimum absolute atomic E-state index is 0.319. The van der Waals surface area contributed by atoms with Gasteiger partial charge in [-0.3, -0.25) is 4.79 Å². The van der Waals surface area contributed by atoms with Gasteiger partial charge < -0.3 is 9.59 Å². The van der Waals surface area contributed by atoms with Gasteiger partial charge in [0, 0.05) is 6.42 Å². The first-order valence-corrected chi connectivity index (χ1v) is 14.0. The van der Waals surface area contributed by atoms with Crippen LogP contribution in [0.15, 0.2) is 36.5 Å². The Bertz CT molecular complexity index is 464. The number of carbonyl (C=O) groups is 1. The monoisotopic (exact) mass is 464 g/mol. The van der Waals surface area contributed by atoms with Crippen LogP contribution in [0.5, 0.6) is 0 Å². The zero-order valence-corrected chi connectivity index (χ0v) is 23.0. The van der Waals surface area contributed by atoms with E-state index in [2.05, 4.69) is 71.1 Å². The highest BCUT2D eigenvalue weighted by molar-refractivity contribution is 5.66. The Balaban J connectivity index is 0. The Morgan fingerprint density at radius 2 is 1.03 bits per heavy atom. The maximum Gasteiger partial charge on any atom is 0.303 e. The lowest BCUT2D eigenvalue weighted by Crippen LogP contribution is -2.50. The van der Waals surface area contributed by atoms with E-state index in [1.165, 1.54) is 69.2 Å². The molecule has 0 saturated heterocycles. The van der Waals surface area contributed by atoms with Crippen LogP contribution in [-0.2, 0) is 4.79 Å². The summed E-state index contributed by atoms with van der Waals surface area (Å²) in [4.78, 5) is 10.3. The molecule has 0 unspecified atom stereocenters. The normalized spacial score (nSPS) is 12.0. The molecule has 0 saturated carbocycles. The van der Waals surface area contributed by atoms with Gasteiger partial charge in [-0.15, -0.1) is 0 Å². The molecular weight excluding hydrogens is 406 g/mol. The average molecular weight is 465 g/mol. The van der Waals surface area contributed by atoms with Crippen molar-refractivity contribution in [3.63, 3.8) is 0 Å². The second-order valence-electron chi connectivity index (χ2n) is 9.23. The van der Waals surface area contributed by atoms with E-state index in [9.17, 15) is 4.79 Å². The van der Waals surface area contributed by atoms with E-state index < -0.39 is 5.97 Å². The van der Waals surface area contributed by atoms with Crippen molar-refractivity contribution >= 4 is 5.97 Å². The summed E-state index contributed by atoms with van der Waals surface area (Å²) < 4.78 is 1.38. The topological polar surface area (TPSA) is 37.3 Å². The Morgan fingerprint density at radius 1 is 0.606 bits per heavy atom. The zero-order valence-electron chi connectivity index (χ0n) is 23.0. The van der Waals surface area contributed by atoms with Gasteiger partial charge in [0.05, 0.1) is 26.2 Å². The Labute approximate surface area is 207 Å². The molecule has 194 valence electrons. The quantitative estimate of drug-likeness (QED) is 0.104. The molecule has 0 aromatic rings. The summed E-state index contributed by atoms with van der Waals surface area (Å²) in [5, 5.41) is 8.50. The molecule has 0 aliphatic carbocycles. The molecular formula is C30H58NO2+. The standard InChI is InChI=1S/C18H30O2.C12H28N/c1-2-3-4-5-6-7-8-9-10-11-12-13-14-15-16-17-18(19)20;1-5-9-13(10-6-2,11-7-3)12-8-4/h3-4,6-7,9-10H,2,5,8,11-17H2,1H3,(H,19,20);5-12H2,1-4H3/q;+1/b4-3-,7-6-,10-9-;. The van der Waals surface area contributed by atoms with Crippen LogP contribution in [0, 0.1) is 0 Å². The summed E-state index contributed by atoms with van der Waals surface area (Å²) in [5.41, 5.74) is 0. The molecule has 1 N–H and O–H groups in total. The van der Waals surface area contributed by atoms with Gasteiger partial charge in [-0.05, 0) is 64.2 Å². The maximum atomic E-state index is 10.3. The predicted molar refractivity (Wildman–Crippen MR) is 148 cm³/mol. The van der Waals surface area contributed by atoms with E-state index in [0.717, 1.165) is 44.9 Å². The van der Waals surface area contributed by atoms with E-state index >= 15 is 0 Å². The lowest BCUT2D eigenvalue weighted by molar-refractivity contribution is -0.928. The van der Waals surface area contributed by atoms with Crippen LogP contribution in [0.3, 0.4) is 0 Å². The van der Waals surface area contributed by atoms with Crippen LogP contribution in [0.4, 0.5) is 0 Å². The third-order valence-electron chi connectivity index (χ3n) is 5.83. The summed E-state index contributed by atoms with van der Waals surface area (Å²) >= 11 is 0. The van der Waals surface area contributed by atoms with Crippen molar-refractivity contribution in [2.45, 2.75) is 125 Å². The van der Waals surface area contributed by atoms with Gasteiger partial charge in [-0.25, -0.2) is 0 Å². The molecule has 0 fully saturated rings. The van der Waals surface area contributed by atoms with E-state index in [4.69, 9.17) is 5.11 Å². The second-order valence-corrected chi connectivity index (χ2v) is 9.23. The first kappa shape index (κ1) is 33.8. The van der Waals surface area contributed by atoms with Crippen LogP contribution in [-0.4, -0.2) is 41.7 Å². The fraction of sp³-hybridized carbons (Fsp3) is 0.767. The van der Waals surface area contributed by atoms with Crippen molar-refractivity contribution in [1.29, 1.82) is 0 Å². The highest BCUT2D eigenvalue weighted by Gasteiger charge is 2.22. The van der Waals surface area contributed by atoms with Crippen molar-refractivity contribution in [2.75, 3.05) is 26.2 Å². The lowest BCUT2D eigenvalue weighted by Gasteiger charge is -2.38. The first-order chi connectivity index (χ1) is 16.0. The highest BCUT2D eigenvalue weighted by atomic mass is 16.4. The maximum absolute atomic E-state index is 10.3. The van der Waals surface area contributed by atoms with Crippen molar-refractivity contribution < 1.29 is 14.4 Å². The number of carboxylic acids is 1. The van der Waals surface area contributed by atoms with Gasteiger partial charge >= 0.3 is 5.97 Å². The number of aliphatic carboxylic acids is 1. The third kappa shape index (κ3) is 25.1. The average Bonchev–Trinajstić information content (AvgIpc) is 2.77. The fourth-order valence-corrected chi connectivity index (χ4v) is 4.46. The summed E-state index contributed by atoms with van der Waals surface area (Å²) in [6, 6.07) is 0. The molecule has 0 radical (unpaired) electrons. The molecule has 0 aromatic heterocycles. The Morgan fingerprint density at radius 3 is 1.48 bits per heavy atom. The summed E-state index contributed by atoms with van der Waals surface area (Å²) in [6.07, 6.45) is 28.7. The van der Waals surface area contributed by atoms with E-state index in [0.29, 0.717) is 6.42 Å². The van der Waals surface area contributed by atoms with Gasteiger partial charge in [-0.1, -0.05) is 90.3 Å². The molecule has 0 rings (SSSR count). The third-order valence-corrected chi connectivity index (χ3v) is 5.83. The van der Waals surface area contributed by atoms with Gasteiger partial charge in [0.15, 0.2) is 0 Å². The Kier molecular flexibility index (Phi) is 27.6. The number of nitrogens with zero attached hydrogens (tertiary/aromatic N) is 1. The number of carboxylic acid groups (broad SMARTS) is 1. The largest absolute Gasteiger partial charge is 0.481 e. The molecule has 3 nitrogen and oxygen atoms in total. The molecule has 0 atom stereocenters. The van der Waals surface area contributed by atoms with Crippen molar-refractivity contribution in [3.8, 4) is 0 Å². The summed E-state index contributed by atoms with van der Waals surface area (Å²) in [7, 11) is 0. The Hall–Kier alpha value is -1.35. The molecule has 3 heteroatoms. The van der Waals surface area contributed by atoms with Crippen LogP contribution < -0.4 is 0 Å². The van der Waals surface area contributed by atoms with Crippen LogP contribution in [0.2, 0.25) is 0 Å². The van der Waals surface area contributed by atoms with E-state index in [1.807, 2.05) is 0 Å². The second kappa shape index (κ2) is 26.9. The number of allylic oxidation sites excluding steroid dienone is 6. The molecule has 0 aromatic carbocycles. The molecule has 0 aliphatic rings. The molecule has 0 heterocycles. The van der Waals surface area contributed by atoms with E-state index in [-0.39, 0.29) is 0 Å². The first-order valence-electron chi connectivity index (χ1n) is 14.0. The van der Waals surface area contributed by atoms with Crippen molar-refractivity contribution in [1.82, 2.24) is 0 Å². The van der Waals surface area contributed by atoms with Crippen molar-refractivity contribution in [3.05, 3.63) is 36.5 Å². The number of rotatable bonds is 21. The molecule has 0 bridgehead atoms. The number of quaternary nitrogens is 1. The SMILES string of the molecule is CC/C=C\C/C=C\C/C=C\CCCCCCCC(=O)O.CCC[N+](CCC)(CCC)CCC. The molecule has 0 spiro atoms. The zero-order chi connectivity index (χ0) is 25.0. The van der Waals surface area contributed by atoms with Crippen LogP contribution in [0.1, 0.15) is 125 Å².